The molecule has 0 heteroatoms. The van der Waals surface area contributed by atoms with Crippen molar-refractivity contribution < 1.29 is 0 Å². The second-order valence-electron chi connectivity index (χ2n) is 6.34. The van der Waals surface area contributed by atoms with Gasteiger partial charge in [0, 0.05) is 0 Å². The molecule has 3 fully saturated rings. The zero-order chi connectivity index (χ0) is 10.0. The van der Waals surface area contributed by atoms with Crippen LogP contribution >= 0.6 is 0 Å². The third kappa shape index (κ3) is 0.789. The molecule has 0 heterocycles. The van der Waals surface area contributed by atoms with E-state index in [-0.39, 0.29) is 0 Å². The second kappa shape index (κ2) is 2.32. The van der Waals surface area contributed by atoms with Gasteiger partial charge < -0.3 is 0 Å². The number of rotatable bonds is 2. The quantitative estimate of drug-likeness (QED) is 0.603. The maximum absolute atomic E-state index is 2.52. The summed E-state index contributed by atoms with van der Waals surface area (Å²) < 4.78 is 0. The van der Waals surface area contributed by atoms with Crippen molar-refractivity contribution in [2.45, 2.75) is 48.0 Å². The van der Waals surface area contributed by atoms with Gasteiger partial charge in [-0.3, -0.25) is 0 Å². The summed E-state index contributed by atoms with van der Waals surface area (Å²) in [7, 11) is 0. The van der Waals surface area contributed by atoms with Crippen molar-refractivity contribution in [3.05, 3.63) is 0 Å². The minimum atomic E-state index is 0.582. The lowest BCUT2D eigenvalue weighted by atomic mass is 9.24. The first-order chi connectivity index (χ1) is 5.87. The summed E-state index contributed by atoms with van der Waals surface area (Å²) >= 11 is 0. The number of hydrogen-bond acceptors (Lipinski definition) is 0. The van der Waals surface area contributed by atoms with Gasteiger partial charge >= 0.3 is 0 Å². The smallest absolute Gasteiger partial charge is 0.0233 e. The van der Waals surface area contributed by atoms with E-state index in [9.17, 15) is 0 Å². The molecule has 2 bridgehead atoms. The molecule has 13 heavy (non-hydrogen) atoms. The highest BCUT2D eigenvalue weighted by atomic mass is 14.8. The molecule has 3 aliphatic carbocycles. The topological polar surface area (TPSA) is 0 Å². The van der Waals surface area contributed by atoms with E-state index >= 15 is 0 Å². The van der Waals surface area contributed by atoms with Crippen molar-refractivity contribution in [3.8, 4) is 0 Å². The van der Waals surface area contributed by atoms with Crippen LogP contribution in [0.1, 0.15) is 48.0 Å². The van der Waals surface area contributed by atoms with Crippen molar-refractivity contribution in [2.75, 3.05) is 0 Å². The van der Waals surface area contributed by atoms with Crippen LogP contribution in [-0.2, 0) is 0 Å². The first kappa shape index (κ1) is 9.55. The lowest BCUT2D eigenvalue weighted by molar-refractivity contribution is -0.333. The largest absolute Gasteiger partial charge is 0.0649 e. The van der Waals surface area contributed by atoms with Crippen LogP contribution in [0.15, 0.2) is 0 Å². The summed E-state index contributed by atoms with van der Waals surface area (Å²) in [6.07, 6.45) is 1.34. The molecular formula is C13H24. The molecule has 0 N–H and O–H groups in total. The standard InChI is InChI=1S/C13H24/c1-7-12(4,5)11-10-8(2)13(11,6)9(10)3/h8-11H,7H2,1-6H3. The molecule has 3 rings (SSSR count). The average molecular weight is 180 g/mol. The van der Waals surface area contributed by atoms with Gasteiger partial charge in [0.1, 0.15) is 0 Å². The summed E-state index contributed by atoms with van der Waals surface area (Å²) in [6, 6.07) is 0. The molecule has 3 unspecified atom stereocenters. The molecule has 0 radical (unpaired) electrons. The highest BCUT2D eigenvalue weighted by molar-refractivity contribution is 5.22. The maximum Gasteiger partial charge on any atom is -0.0233 e. The molecule has 0 amide bonds. The molecule has 3 saturated carbocycles. The molecule has 76 valence electrons. The Balaban J connectivity index is 2.17. The van der Waals surface area contributed by atoms with Gasteiger partial charge in [0.05, 0.1) is 0 Å². The minimum Gasteiger partial charge on any atom is -0.0649 e. The van der Waals surface area contributed by atoms with E-state index in [0.29, 0.717) is 10.8 Å². The Hall–Kier alpha value is 0. The van der Waals surface area contributed by atoms with Crippen molar-refractivity contribution in [3.63, 3.8) is 0 Å². The van der Waals surface area contributed by atoms with E-state index < -0.39 is 0 Å². The van der Waals surface area contributed by atoms with Crippen molar-refractivity contribution in [1.29, 1.82) is 0 Å². The Labute approximate surface area is 83.1 Å². The molecular weight excluding hydrogens is 156 g/mol. The fourth-order valence-corrected chi connectivity index (χ4v) is 4.46. The first-order valence-corrected chi connectivity index (χ1v) is 5.87. The molecule has 0 aliphatic heterocycles. The molecule has 3 aliphatic rings. The van der Waals surface area contributed by atoms with E-state index in [1.165, 1.54) is 6.42 Å². The van der Waals surface area contributed by atoms with Gasteiger partial charge in [0.25, 0.3) is 0 Å². The zero-order valence-electron chi connectivity index (χ0n) is 10.0. The third-order valence-corrected chi connectivity index (χ3v) is 5.93. The third-order valence-electron chi connectivity index (χ3n) is 5.93. The van der Waals surface area contributed by atoms with Crippen LogP contribution in [0, 0.1) is 34.5 Å². The Morgan fingerprint density at radius 3 is 1.85 bits per heavy atom. The van der Waals surface area contributed by atoms with Gasteiger partial charge in [-0.15, -0.1) is 0 Å². The monoisotopic (exact) mass is 180 g/mol. The van der Waals surface area contributed by atoms with Crippen molar-refractivity contribution in [1.82, 2.24) is 0 Å². The van der Waals surface area contributed by atoms with Gasteiger partial charge in [-0.25, -0.2) is 0 Å². The van der Waals surface area contributed by atoms with Crippen LogP contribution in [0.4, 0.5) is 0 Å². The molecule has 3 atom stereocenters. The molecule has 0 nitrogen and oxygen atoms in total. The summed E-state index contributed by atoms with van der Waals surface area (Å²) in [5.41, 5.74) is 1.27. The summed E-state index contributed by atoms with van der Waals surface area (Å²) in [5.74, 6) is 4.05. The molecule has 0 aromatic carbocycles. The fourth-order valence-electron chi connectivity index (χ4n) is 4.46. The first-order valence-electron chi connectivity index (χ1n) is 5.87. The van der Waals surface area contributed by atoms with E-state index in [2.05, 4.69) is 41.5 Å². The highest BCUT2D eigenvalue weighted by Crippen LogP contribution is 2.79. The molecule has 0 aromatic rings. The summed E-state index contributed by atoms with van der Waals surface area (Å²) in [5, 5.41) is 0. The van der Waals surface area contributed by atoms with Gasteiger partial charge in [-0.2, -0.15) is 0 Å². The summed E-state index contributed by atoms with van der Waals surface area (Å²) in [6.45, 7) is 14.7. The van der Waals surface area contributed by atoms with Crippen LogP contribution in [0.2, 0.25) is 0 Å². The van der Waals surface area contributed by atoms with E-state index in [1.807, 2.05) is 0 Å². The van der Waals surface area contributed by atoms with Gasteiger partial charge in [-0.05, 0) is 34.5 Å². The average Bonchev–Trinajstić information content (AvgIpc) is 2.12. The lowest BCUT2D eigenvalue weighted by Gasteiger charge is -2.80. The maximum atomic E-state index is 2.52. The SMILES string of the molecule is CCC(C)(C)C1C2C(C)C1(C)C2C. The van der Waals surface area contributed by atoms with Crippen LogP contribution in [0.5, 0.6) is 0 Å². The van der Waals surface area contributed by atoms with Crippen LogP contribution < -0.4 is 0 Å². The zero-order valence-corrected chi connectivity index (χ0v) is 10.0. The predicted octanol–water partition coefficient (Wildman–Crippen LogP) is 3.96. The van der Waals surface area contributed by atoms with Crippen molar-refractivity contribution in [2.24, 2.45) is 34.5 Å². The highest BCUT2D eigenvalue weighted by Gasteiger charge is 2.75. The van der Waals surface area contributed by atoms with Gasteiger partial charge in [0.2, 0.25) is 0 Å². The Kier molecular flexibility index (Phi) is 1.71. The van der Waals surface area contributed by atoms with Crippen LogP contribution in [0.25, 0.3) is 0 Å². The Bertz CT molecular complexity index is 216. The molecule has 0 spiro atoms. The van der Waals surface area contributed by atoms with Crippen LogP contribution in [0.3, 0.4) is 0 Å². The fraction of sp³-hybridized carbons (Fsp3) is 1.00. The minimum absolute atomic E-state index is 0.582. The van der Waals surface area contributed by atoms with Gasteiger partial charge in [-0.1, -0.05) is 48.0 Å². The molecule has 0 saturated heterocycles. The lowest BCUT2D eigenvalue weighted by Crippen LogP contribution is -2.76. The van der Waals surface area contributed by atoms with Gasteiger partial charge in [0.15, 0.2) is 0 Å². The number of hydrogen-bond donors (Lipinski definition) is 0. The normalized spacial score (nSPS) is 54.0. The Morgan fingerprint density at radius 1 is 1.15 bits per heavy atom. The second-order valence-corrected chi connectivity index (χ2v) is 6.34. The van der Waals surface area contributed by atoms with E-state index in [1.54, 1.807) is 0 Å². The van der Waals surface area contributed by atoms with E-state index in [0.717, 1.165) is 23.7 Å². The molecule has 0 aromatic heterocycles. The van der Waals surface area contributed by atoms with Crippen molar-refractivity contribution >= 4 is 0 Å². The predicted molar refractivity (Wildman–Crippen MR) is 57.5 cm³/mol. The Morgan fingerprint density at radius 2 is 1.62 bits per heavy atom. The summed E-state index contributed by atoms with van der Waals surface area (Å²) in [4.78, 5) is 0. The van der Waals surface area contributed by atoms with E-state index in [4.69, 9.17) is 0 Å². The van der Waals surface area contributed by atoms with Crippen LogP contribution in [-0.4, -0.2) is 0 Å².